The predicted molar refractivity (Wildman–Crippen MR) is 83.6 cm³/mol. The number of carbonyl (C=O) groups is 2. The molecule has 1 aromatic rings. The van der Waals surface area contributed by atoms with Gasteiger partial charge in [0, 0.05) is 0 Å². The van der Waals surface area contributed by atoms with Crippen LogP contribution < -0.4 is 16.2 Å². The molecule has 0 unspecified atom stereocenters. The summed E-state index contributed by atoms with van der Waals surface area (Å²) in [5, 5.41) is 4.63. The highest BCUT2D eigenvalue weighted by molar-refractivity contribution is 5.94. The average molecular weight is 338 g/mol. The molecule has 1 atom stereocenters. The minimum atomic E-state index is -0.855. The molecule has 1 aromatic heterocycles. The largest absolute Gasteiger partial charge is 0.445 e. The van der Waals surface area contributed by atoms with Crippen LogP contribution in [0, 0.1) is 0 Å². The number of hydrogen-bond donors (Lipinski definition) is 3. The molecular weight excluding hydrogens is 320 g/mol. The Balaban J connectivity index is 1.97. The van der Waals surface area contributed by atoms with E-state index in [9.17, 15) is 14.4 Å². The van der Waals surface area contributed by atoms with E-state index in [1.807, 2.05) is 0 Å². The van der Waals surface area contributed by atoms with Crippen LogP contribution >= 0.6 is 0 Å². The maximum absolute atomic E-state index is 12.0. The first-order chi connectivity index (χ1) is 11.3. The van der Waals surface area contributed by atoms with E-state index in [4.69, 9.17) is 9.47 Å². The summed E-state index contributed by atoms with van der Waals surface area (Å²) >= 11 is 0. The second-order valence-electron chi connectivity index (χ2n) is 5.29. The SMILES string of the molecule is C=CCOC(=O)Nc1ncc(NC(=O)[C@H]2COC(C)(C)O2)c(=O)[nH]1. The van der Waals surface area contributed by atoms with Crippen molar-refractivity contribution in [3.63, 3.8) is 0 Å². The van der Waals surface area contributed by atoms with Crippen LogP contribution in [0.25, 0.3) is 0 Å². The van der Waals surface area contributed by atoms with Gasteiger partial charge in [-0.3, -0.25) is 19.9 Å². The van der Waals surface area contributed by atoms with Gasteiger partial charge in [0.1, 0.15) is 12.3 Å². The van der Waals surface area contributed by atoms with Gasteiger partial charge < -0.3 is 19.5 Å². The van der Waals surface area contributed by atoms with Gasteiger partial charge in [0.15, 0.2) is 11.9 Å². The number of aromatic amines is 1. The Kier molecular flexibility index (Phi) is 5.31. The molecule has 0 saturated carbocycles. The van der Waals surface area contributed by atoms with Crippen LogP contribution in [0.3, 0.4) is 0 Å². The quantitative estimate of drug-likeness (QED) is 0.670. The first-order valence-electron chi connectivity index (χ1n) is 7.07. The van der Waals surface area contributed by atoms with Crippen LogP contribution in [0.2, 0.25) is 0 Å². The summed E-state index contributed by atoms with van der Waals surface area (Å²) in [4.78, 5) is 41.4. The van der Waals surface area contributed by atoms with E-state index < -0.39 is 29.5 Å². The van der Waals surface area contributed by atoms with E-state index in [1.54, 1.807) is 13.8 Å². The summed E-state index contributed by atoms with van der Waals surface area (Å²) in [5.74, 6) is -1.50. The number of rotatable bonds is 5. The zero-order valence-corrected chi connectivity index (χ0v) is 13.3. The van der Waals surface area contributed by atoms with Crippen LogP contribution in [0.1, 0.15) is 13.8 Å². The molecule has 24 heavy (non-hydrogen) atoms. The summed E-state index contributed by atoms with van der Waals surface area (Å²) in [6, 6.07) is 0. The highest BCUT2D eigenvalue weighted by Gasteiger charge is 2.37. The minimum absolute atomic E-state index is 0.0179. The van der Waals surface area contributed by atoms with Gasteiger partial charge in [-0.05, 0) is 13.8 Å². The van der Waals surface area contributed by atoms with E-state index in [2.05, 4.69) is 31.9 Å². The van der Waals surface area contributed by atoms with Gasteiger partial charge in [-0.2, -0.15) is 0 Å². The molecule has 10 heteroatoms. The number of ether oxygens (including phenoxy) is 3. The fourth-order valence-corrected chi connectivity index (χ4v) is 1.84. The Labute approximate surface area is 137 Å². The first-order valence-corrected chi connectivity index (χ1v) is 7.07. The van der Waals surface area contributed by atoms with Crippen molar-refractivity contribution in [2.24, 2.45) is 0 Å². The van der Waals surface area contributed by atoms with Crippen LogP contribution in [0.4, 0.5) is 16.4 Å². The Bertz CT molecular complexity index is 699. The molecule has 2 rings (SSSR count). The minimum Gasteiger partial charge on any atom is -0.445 e. The Morgan fingerprint density at radius 2 is 2.29 bits per heavy atom. The molecule has 0 aromatic carbocycles. The zero-order chi connectivity index (χ0) is 17.7. The van der Waals surface area contributed by atoms with Gasteiger partial charge in [-0.15, -0.1) is 0 Å². The van der Waals surface area contributed by atoms with Gasteiger partial charge in [0.05, 0.1) is 12.8 Å². The highest BCUT2D eigenvalue weighted by atomic mass is 16.7. The molecule has 1 saturated heterocycles. The van der Waals surface area contributed by atoms with Crippen molar-refractivity contribution >= 4 is 23.6 Å². The Morgan fingerprint density at radius 3 is 2.88 bits per heavy atom. The molecule has 2 heterocycles. The number of aromatic nitrogens is 2. The van der Waals surface area contributed by atoms with Crippen molar-refractivity contribution in [3.05, 3.63) is 29.2 Å². The van der Waals surface area contributed by atoms with E-state index in [0.29, 0.717) is 0 Å². The molecule has 1 fully saturated rings. The Morgan fingerprint density at radius 1 is 1.54 bits per heavy atom. The van der Waals surface area contributed by atoms with Crippen molar-refractivity contribution in [3.8, 4) is 0 Å². The predicted octanol–water partition coefficient (Wildman–Crippen LogP) is 0.594. The van der Waals surface area contributed by atoms with Crippen LogP contribution in [-0.2, 0) is 19.0 Å². The molecule has 130 valence electrons. The van der Waals surface area contributed by atoms with E-state index in [-0.39, 0.29) is 24.8 Å². The van der Waals surface area contributed by atoms with Crippen molar-refractivity contribution < 1.29 is 23.8 Å². The van der Waals surface area contributed by atoms with Gasteiger partial charge >= 0.3 is 6.09 Å². The molecule has 0 bridgehead atoms. The van der Waals surface area contributed by atoms with Crippen molar-refractivity contribution in [1.82, 2.24) is 9.97 Å². The second kappa shape index (κ2) is 7.23. The number of H-pyrrole nitrogens is 1. The zero-order valence-electron chi connectivity index (χ0n) is 13.3. The second-order valence-corrected chi connectivity index (χ2v) is 5.29. The first kappa shape index (κ1) is 17.6. The lowest BCUT2D eigenvalue weighted by atomic mass is 10.3. The fourth-order valence-electron chi connectivity index (χ4n) is 1.84. The van der Waals surface area contributed by atoms with E-state index in [0.717, 1.165) is 6.20 Å². The third-order valence-corrected chi connectivity index (χ3v) is 2.91. The normalized spacial score (nSPS) is 18.7. The van der Waals surface area contributed by atoms with Crippen molar-refractivity contribution in [1.29, 1.82) is 0 Å². The maximum Gasteiger partial charge on any atom is 0.414 e. The maximum atomic E-state index is 12.0. The number of hydrogen-bond acceptors (Lipinski definition) is 7. The Hall–Kier alpha value is -2.72. The van der Waals surface area contributed by atoms with Crippen molar-refractivity contribution in [2.75, 3.05) is 23.8 Å². The third kappa shape index (κ3) is 4.64. The van der Waals surface area contributed by atoms with Crippen LogP contribution in [0.5, 0.6) is 0 Å². The molecule has 3 N–H and O–H groups in total. The van der Waals surface area contributed by atoms with E-state index >= 15 is 0 Å². The summed E-state index contributed by atoms with van der Waals surface area (Å²) in [6.45, 7) is 6.86. The molecule has 2 amide bonds. The third-order valence-electron chi connectivity index (χ3n) is 2.91. The summed E-state index contributed by atoms with van der Waals surface area (Å²) in [6.07, 6.45) is 0.880. The van der Waals surface area contributed by atoms with Gasteiger partial charge in [-0.1, -0.05) is 12.7 Å². The fraction of sp³-hybridized carbons (Fsp3) is 0.429. The number of carbonyl (C=O) groups excluding carboxylic acids is 2. The molecule has 10 nitrogen and oxygen atoms in total. The monoisotopic (exact) mass is 338 g/mol. The highest BCUT2D eigenvalue weighted by Crippen LogP contribution is 2.22. The summed E-state index contributed by atoms with van der Waals surface area (Å²) in [7, 11) is 0. The number of amides is 2. The number of nitrogens with zero attached hydrogens (tertiary/aromatic N) is 1. The number of nitrogens with one attached hydrogen (secondary N) is 3. The summed E-state index contributed by atoms with van der Waals surface area (Å²) < 4.78 is 15.4. The van der Waals surface area contributed by atoms with Crippen molar-refractivity contribution in [2.45, 2.75) is 25.7 Å². The molecule has 1 aliphatic rings. The van der Waals surface area contributed by atoms with Gasteiger partial charge in [-0.25, -0.2) is 9.78 Å². The molecular formula is C14H18N4O6. The average Bonchev–Trinajstić information content (AvgIpc) is 2.88. The topological polar surface area (TPSA) is 132 Å². The van der Waals surface area contributed by atoms with Crippen LogP contribution in [-0.4, -0.2) is 47.1 Å². The molecule has 1 aliphatic heterocycles. The molecule has 0 radical (unpaired) electrons. The van der Waals surface area contributed by atoms with Gasteiger partial charge in [0.25, 0.3) is 11.5 Å². The van der Waals surface area contributed by atoms with E-state index in [1.165, 1.54) is 6.08 Å². The number of anilines is 2. The molecule has 0 aliphatic carbocycles. The standard InChI is InChI=1S/C14H18N4O6/c1-4-5-22-13(21)18-12-15-6-8(10(19)17-12)16-11(20)9-7-23-14(2,3)24-9/h4,6,9H,1,5,7H2,2-3H3,(H,16,20)(H2,15,17,18,19,21)/t9-/m1/s1. The summed E-state index contributed by atoms with van der Waals surface area (Å²) in [5.41, 5.74) is -0.728. The lowest BCUT2D eigenvalue weighted by Crippen LogP contribution is -2.33. The molecule has 0 spiro atoms. The smallest absolute Gasteiger partial charge is 0.414 e. The lowest BCUT2D eigenvalue weighted by Gasteiger charge is -2.16. The van der Waals surface area contributed by atoms with Crippen LogP contribution in [0.15, 0.2) is 23.6 Å². The lowest BCUT2D eigenvalue weighted by molar-refractivity contribution is -0.150. The van der Waals surface area contributed by atoms with Gasteiger partial charge in [0.2, 0.25) is 5.95 Å².